The molecule has 134 valence electrons. The molecule has 0 spiro atoms. The zero-order chi connectivity index (χ0) is 17.5. The van der Waals surface area contributed by atoms with Gasteiger partial charge >= 0.3 is 0 Å². The number of nitrogens with one attached hydrogen (secondary N) is 2. The summed E-state index contributed by atoms with van der Waals surface area (Å²) in [6.45, 7) is 5.28. The van der Waals surface area contributed by atoms with Gasteiger partial charge in [0.15, 0.2) is 0 Å². The molecule has 2 aromatic rings. The fourth-order valence-electron chi connectivity index (χ4n) is 3.33. The monoisotopic (exact) mass is 340 g/mol. The fourth-order valence-corrected chi connectivity index (χ4v) is 3.33. The van der Waals surface area contributed by atoms with E-state index in [-0.39, 0.29) is 5.56 Å². The van der Waals surface area contributed by atoms with Gasteiger partial charge in [-0.05, 0) is 31.2 Å². The Hall–Kier alpha value is -2.14. The van der Waals surface area contributed by atoms with Crippen molar-refractivity contribution in [2.75, 3.05) is 18.4 Å². The summed E-state index contributed by atoms with van der Waals surface area (Å²) < 4.78 is 0. The van der Waals surface area contributed by atoms with E-state index in [1.54, 1.807) is 6.07 Å². The molecule has 1 aliphatic heterocycles. The van der Waals surface area contributed by atoms with Crippen LogP contribution in [0.2, 0.25) is 0 Å². The summed E-state index contributed by atoms with van der Waals surface area (Å²) >= 11 is 0. The van der Waals surface area contributed by atoms with Crippen LogP contribution in [0.15, 0.2) is 41.2 Å². The van der Waals surface area contributed by atoms with Crippen LogP contribution in [0, 0.1) is 0 Å². The lowest BCUT2D eigenvalue weighted by molar-refractivity contribution is 0.211. The van der Waals surface area contributed by atoms with Gasteiger partial charge in [0, 0.05) is 37.4 Å². The smallest absolute Gasteiger partial charge is 0.252 e. The highest BCUT2D eigenvalue weighted by Gasteiger charge is 2.19. The summed E-state index contributed by atoms with van der Waals surface area (Å²) in [6.07, 6.45) is 5.17. The molecule has 1 aromatic carbocycles. The molecule has 0 radical (unpaired) electrons. The van der Waals surface area contributed by atoms with E-state index >= 15 is 0 Å². The van der Waals surface area contributed by atoms with Crippen molar-refractivity contribution in [2.45, 2.75) is 51.6 Å². The summed E-state index contributed by atoms with van der Waals surface area (Å²) in [5.41, 5.74) is 2.18. The van der Waals surface area contributed by atoms with E-state index in [4.69, 9.17) is 0 Å². The molecule has 0 amide bonds. The first-order chi connectivity index (χ1) is 12.2. The molecule has 1 saturated heterocycles. The maximum atomic E-state index is 11.8. The number of hydrogen-bond acceptors (Lipinski definition) is 4. The van der Waals surface area contributed by atoms with Gasteiger partial charge in [-0.15, -0.1) is 0 Å². The molecule has 25 heavy (non-hydrogen) atoms. The number of likely N-dealkylation sites (tertiary alicyclic amines) is 1. The van der Waals surface area contributed by atoms with Gasteiger partial charge in [0.05, 0.1) is 0 Å². The quantitative estimate of drug-likeness (QED) is 0.813. The SMILES string of the molecule is CCCCc1cc(=O)[nH]c(NC2CCN(Cc3ccccc3)CC2)n1. The molecule has 1 fully saturated rings. The van der Waals surface area contributed by atoms with Crippen LogP contribution in [0.3, 0.4) is 0 Å². The summed E-state index contributed by atoms with van der Waals surface area (Å²) in [5.74, 6) is 0.625. The van der Waals surface area contributed by atoms with Gasteiger partial charge in [-0.3, -0.25) is 14.7 Å². The van der Waals surface area contributed by atoms with E-state index < -0.39 is 0 Å². The van der Waals surface area contributed by atoms with Crippen LogP contribution in [0.5, 0.6) is 0 Å². The molecule has 0 bridgehead atoms. The van der Waals surface area contributed by atoms with E-state index in [1.807, 2.05) is 0 Å². The fraction of sp³-hybridized carbons (Fsp3) is 0.500. The molecule has 5 heteroatoms. The standard InChI is InChI=1S/C20H28N4O/c1-2-3-9-18-14-19(25)23-20(22-18)21-17-10-12-24(13-11-17)15-16-7-5-4-6-8-16/h4-8,14,17H,2-3,9-13,15H2,1H3,(H2,21,22,23,25). The number of aromatic nitrogens is 2. The van der Waals surface area contributed by atoms with E-state index in [9.17, 15) is 4.79 Å². The minimum absolute atomic E-state index is 0.0647. The molecule has 1 aliphatic rings. The molecule has 1 aromatic heterocycles. The number of rotatable bonds is 7. The molecule has 0 unspecified atom stereocenters. The Balaban J connectivity index is 1.52. The van der Waals surface area contributed by atoms with E-state index in [0.717, 1.165) is 57.4 Å². The molecule has 2 N–H and O–H groups in total. The Kier molecular flexibility index (Phi) is 6.23. The number of benzene rings is 1. The third kappa shape index (κ3) is 5.43. The first kappa shape index (κ1) is 17.7. The molecule has 5 nitrogen and oxygen atoms in total. The Bertz CT molecular complexity index is 705. The molecule has 0 aliphatic carbocycles. The summed E-state index contributed by atoms with van der Waals surface area (Å²) in [7, 11) is 0. The van der Waals surface area contributed by atoms with Crippen molar-refractivity contribution in [3.8, 4) is 0 Å². The number of aromatic amines is 1. The number of anilines is 1. The third-order valence-corrected chi connectivity index (χ3v) is 4.76. The highest BCUT2D eigenvalue weighted by atomic mass is 16.1. The van der Waals surface area contributed by atoms with E-state index in [1.165, 1.54) is 5.56 Å². The van der Waals surface area contributed by atoms with Crippen molar-refractivity contribution in [3.05, 3.63) is 58.0 Å². The Morgan fingerprint density at radius 2 is 2.00 bits per heavy atom. The Morgan fingerprint density at radius 3 is 2.72 bits per heavy atom. The van der Waals surface area contributed by atoms with Gasteiger partial charge < -0.3 is 5.32 Å². The number of unbranched alkanes of at least 4 members (excludes halogenated alkanes) is 1. The largest absolute Gasteiger partial charge is 0.353 e. The maximum Gasteiger partial charge on any atom is 0.252 e. The average Bonchev–Trinajstić information content (AvgIpc) is 2.62. The van der Waals surface area contributed by atoms with Crippen molar-refractivity contribution < 1.29 is 0 Å². The first-order valence-electron chi connectivity index (χ1n) is 9.36. The minimum Gasteiger partial charge on any atom is -0.353 e. The van der Waals surface area contributed by atoms with Crippen LogP contribution in [0.25, 0.3) is 0 Å². The lowest BCUT2D eigenvalue weighted by atomic mass is 10.0. The van der Waals surface area contributed by atoms with Crippen LogP contribution < -0.4 is 10.9 Å². The predicted molar refractivity (Wildman–Crippen MR) is 102 cm³/mol. The van der Waals surface area contributed by atoms with Gasteiger partial charge in [0.25, 0.3) is 5.56 Å². The topological polar surface area (TPSA) is 61.0 Å². The maximum absolute atomic E-state index is 11.8. The number of hydrogen-bond donors (Lipinski definition) is 2. The molecular formula is C20H28N4O. The highest BCUT2D eigenvalue weighted by molar-refractivity contribution is 5.27. The number of nitrogens with zero attached hydrogens (tertiary/aromatic N) is 2. The Morgan fingerprint density at radius 1 is 1.24 bits per heavy atom. The second-order valence-corrected chi connectivity index (χ2v) is 6.87. The van der Waals surface area contributed by atoms with Gasteiger partial charge in [0.2, 0.25) is 5.95 Å². The summed E-state index contributed by atoms with van der Waals surface area (Å²) in [5, 5.41) is 3.43. The normalized spacial score (nSPS) is 16.0. The second kappa shape index (κ2) is 8.81. The van der Waals surface area contributed by atoms with Crippen molar-refractivity contribution in [1.82, 2.24) is 14.9 Å². The van der Waals surface area contributed by atoms with Crippen molar-refractivity contribution >= 4 is 5.95 Å². The third-order valence-electron chi connectivity index (χ3n) is 4.76. The lowest BCUT2D eigenvalue weighted by Gasteiger charge is -2.32. The number of piperidine rings is 1. The number of aryl methyl sites for hydroxylation is 1. The molecular weight excluding hydrogens is 312 g/mol. The highest BCUT2D eigenvalue weighted by Crippen LogP contribution is 2.16. The van der Waals surface area contributed by atoms with E-state index in [2.05, 4.69) is 57.4 Å². The zero-order valence-corrected chi connectivity index (χ0v) is 15.0. The van der Waals surface area contributed by atoms with Crippen molar-refractivity contribution in [3.63, 3.8) is 0 Å². The lowest BCUT2D eigenvalue weighted by Crippen LogP contribution is -2.39. The summed E-state index contributed by atoms with van der Waals surface area (Å²) in [4.78, 5) is 21.7. The molecule has 3 rings (SSSR count). The minimum atomic E-state index is -0.0647. The van der Waals surface area contributed by atoms with Crippen molar-refractivity contribution in [2.24, 2.45) is 0 Å². The van der Waals surface area contributed by atoms with Crippen LogP contribution in [-0.2, 0) is 13.0 Å². The van der Waals surface area contributed by atoms with Gasteiger partial charge in [0.1, 0.15) is 0 Å². The van der Waals surface area contributed by atoms with Crippen LogP contribution in [-0.4, -0.2) is 34.0 Å². The van der Waals surface area contributed by atoms with Gasteiger partial charge in [-0.1, -0.05) is 43.7 Å². The number of H-pyrrole nitrogens is 1. The van der Waals surface area contributed by atoms with Crippen molar-refractivity contribution in [1.29, 1.82) is 0 Å². The average molecular weight is 340 g/mol. The van der Waals surface area contributed by atoms with Gasteiger partial charge in [-0.25, -0.2) is 4.98 Å². The first-order valence-corrected chi connectivity index (χ1v) is 9.36. The van der Waals surface area contributed by atoms with Crippen LogP contribution >= 0.6 is 0 Å². The van der Waals surface area contributed by atoms with Crippen LogP contribution in [0.1, 0.15) is 43.9 Å². The second-order valence-electron chi connectivity index (χ2n) is 6.87. The molecule has 0 saturated carbocycles. The summed E-state index contributed by atoms with van der Waals surface area (Å²) in [6, 6.07) is 12.6. The Labute approximate surface area is 149 Å². The zero-order valence-electron chi connectivity index (χ0n) is 15.0. The van der Waals surface area contributed by atoms with Crippen LogP contribution in [0.4, 0.5) is 5.95 Å². The predicted octanol–water partition coefficient (Wildman–Crippen LogP) is 3.19. The molecule has 2 heterocycles. The van der Waals surface area contributed by atoms with Gasteiger partial charge in [-0.2, -0.15) is 0 Å². The molecule has 0 atom stereocenters. The van der Waals surface area contributed by atoms with E-state index in [0.29, 0.717) is 12.0 Å².